The van der Waals surface area contributed by atoms with Gasteiger partial charge in [-0.05, 0) is 161 Å². The summed E-state index contributed by atoms with van der Waals surface area (Å²) < 4.78 is 4.69. The van der Waals surface area contributed by atoms with Crippen LogP contribution in [0.5, 0.6) is 0 Å². The van der Waals surface area contributed by atoms with Crippen LogP contribution in [0, 0.1) is 27.7 Å². The van der Waals surface area contributed by atoms with Gasteiger partial charge in [0.2, 0.25) is 0 Å². The van der Waals surface area contributed by atoms with Gasteiger partial charge in [-0.15, -0.1) is 0 Å². The summed E-state index contributed by atoms with van der Waals surface area (Å²) in [6.45, 7) is 15.5. The summed E-state index contributed by atoms with van der Waals surface area (Å²) in [5, 5.41) is 4.83. The third kappa shape index (κ3) is 9.63. The maximum absolute atomic E-state index is 4.85. The summed E-state index contributed by atoms with van der Waals surface area (Å²) in [6, 6.07) is 76.7. The highest BCUT2D eigenvalue weighted by Gasteiger charge is 2.21. The summed E-state index contributed by atoms with van der Waals surface area (Å²) >= 11 is 0. The number of fused-ring (bicyclic) bond motifs is 6. The Morgan fingerprint density at radius 3 is 1.20 bits per heavy atom. The van der Waals surface area contributed by atoms with Crippen molar-refractivity contribution in [3.63, 3.8) is 0 Å². The highest BCUT2D eigenvalue weighted by Crippen LogP contribution is 2.43. The molecule has 0 fully saturated rings. The highest BCUT2D eigenvalue weighted by atomic mass is 15.2. The van der Waals surface area contributed by atoms with Crippen molar-refractivity contribution < 1.29 is 0 Å². The number of aromatic nitrogens is 2. The summed E-state index contributed by atoms with van der Waals surface area (Å²) in [6.07, 6.45) is 13.1. The van der Waals surface area contributed by atoms with E-state index in [-0.39, 0.29) is 0 Å². The number of rotatable bonds is 14. The van der Waals surface area contributed by atoms with Crippen LogP contribution in [-0.2, 0) is 0 Å². The van der Waals surface area contributed by atoms with Gasteiger partial charge in [-0.25, -0.2) is 0 Å². The monoisotopic (exact) mass is 983 g/mol. The van der Waals surface area contributed by atoms with E-state index >= 15 is 0 Å². The van der Waals surface area contributed by atoms with Crippen LogP contribution in [0.1, 0.15) is 34.7 Å². The molecule has 0 saturated carbocycles. The third-order valence-electron chi connectivity index (χ3n) is 14.4. The van der Waals surface area contributed by atoms with E-state index in [0.717, 1.165) is 84.2 Å². The number of hydrogen-bond acceptors (Lipinski definition) is 3. The summed E-state index contributed by atoms with van der Waals surface area (Å²) in [5.41, 5.74) is 20.3. The van der Waals surface area contributed by atoms with Crippen LogP contribution in [0.25, 0.3) is 61.1 Å². The number of nitrogens with zero attached hydrogens (tertiary/aromatic N) is 5. The van der Waals surface area contributed by atoms with Gasteiger partial charge in [-0.2, -0.15) is 0 Å². The molecule has 0 aliphatic carbocycles. The number of benzene rings is 9. The Morgan fingerprint density at radius 2 is 0.816 bits per heavy atom. The van der Waals surface area contributed by atoms with Crippen molar-refractivity contribution in [1.82, 2.24) is 9.13 Å². The Bertz CT molecular complexity index is 3790. The van der Waals surface area contributed by atoms with Crippen LogP contribution in [0.15, 0.2) is 259 Å². The molecule has 0 saturated heterocycles. The molecule has 0 radical (unpaired) electrons. The number of hydrogen-bond donors (Lipinski definition) is 0. The standard InChI is InChI=1S/C71H61N5/c1-8-54(44-61(76-70-23-15-11-19-66(70)67-20-12-16-24-71(67)76)41-42-73-68-21-13-9-17-64(68)65-18-10-14-22-69(65)73)53(6)43-56(48-72-7)55-45-62(74(57-33-25-49(2)26-34-57)58-35-27-50(3)28-36-58)47-63(46-55)75(59-37-29-51(4)30-38-59)60-39-31-52(5)32-40-60/h8-48H,6H2,1-5,7H3/b42-41+,54-8+,56-43+,61-44+,72-48?. The van der Waals surface area contributed by atoms with E-state index in [1.54, 1.807) is 0 Å². The van der Waals surface area contributed by atoms with Crippen molar-refractivity contribution in [3.8, 4) is 0 Å². The fourth-order valence-electron chi connectivity index (χ4n) is 10.5. The molecule has 5 nitrogen and oxygen atoms in total. The zero-order valence-electron chi connectivity index (χ0n) is 44.1. The summed E-state index contributed by atoms with van der Waals surface area (Å²) in [4.78, 5) is 9.44. The molecule has 370 valence electrons. The van der Waals surface area contributed by atoms with E-state index in [1.807, 2.05) is 13.3 Å². The maximum Gasteiger partial charge on any atom is 0.0541 e. The van der Waals surface area contributed by atoms with Crippen molar-refractivity contribution in [2.24, 2.45) is 4.99 Å². The van der Waals surface area contributed by atoms with E-state index in [4.69, 9.17) is 11.6 Å². The minimum Gasteiger partial charge on any atom is -0.316 e. The van der Waals surface area contributed by atoms with E-state index in [9.17, 15) is 0 Å². The average Bonchev–Trinajstić information content (AvgIpc) is 3.97. The van der Waals surface area contributed by atoms with Crippen molar-refractivity contribution in [2.45, 2.75) is 34.6 Å². The lowest BCUT2D eigenvalue weighted by Crippen LogP contribution is -2.14. The van der Waals surface area contributed by atoms with Gasteiger partial charge in [-0.1, -0.05) is 156 Å². The molecular weight excluding hydrogens is 923 g/mol. The second-order valence-electron chi connectivity index (χ2n) is 19.7. The first-order valence-corrected chi connectivity index (χ1v) is 26.0. The molecule has 11 aromatic rings. The van der Waals surface area contributed by atoms with E-state index in [1.165, 1.54) is 43.8 Å². The molecule has 2 aromatic heterocycles. The van der Waals surface area contributed by atoms with Crippen molar-refractivity contribution in [1.29, 1.82) is 0 Å². The summed E-state index contributed by atoms with van der Waals surface area (Å²) in [5.74, 6) is 0. The molecule has 5 heteroatoms. The van der Waals surface area contributed by atoms with Crippen LogP contribution in [0.3, 0.4) is 0 Å². The van der Waals surface area contributed by atoms with Crippen molar-refractivity contribution >= 4 is 101 Å². The first-order valence-electron chi connectivity index (χ1n) is 26.0. The molecule has 9 aromatic carbocycles. The lowest BCUT2D eigenvalue weighted by Gasteiger charge is -2.30. The van der Waals surface area contributed by atoms with Crippen LogP contribution in [-0.4, -0.2) is 22.4 Å². The molecule has 0 N–H and O–H groups in total. The fraction of sp³-hybridized carbons (Fsp3) is 0.0845. The second kappa shape index (κ2) is 21.2. The Balaban J connectivity index is 1.11. The lowest BCUT2D eigenvalue weighted by molar-refractivity contribution is 1.22. The van der Waals surface area contributed by atoms with Crippen LogP contribution in [0.2, 0.25) is 0 Å². The Hall–Kier alpha value is -9.45. The largest absolute Gasteiger partial charge is 0.316 e. The molecule has 0 atom stereocenters. The first-order chi connectivity index (χ1) is 37.1. The normalized spacial score (nSPS) is 12.5. The van der Waals surface area contributed by atoms with Gasteiger partial charge in [0.05, 0.1) is 22.1 Å². The minimum absolute atomic E-state index is 0.843. The highest BCUT2D eigenvalue weighted by molar-refractivity contribution is 6.13. The number of anilines is 6. The summed E-state index contributed by atoms with van der Waals surface area (Å²) in [7, 11) is 1.84. The fourth-order valence-corrected chi connectivity index (χ4v) is 10.5. The molecular formula is C71H61N5. The number of para-hydroxylation sites is 4. The predicted molar refractivity (Wildman–Crippen MR) is 329 cm³/mol. The lowest BCUT2D eigenvalue weighted by atomic mass is 9.97. The smallest absolute Gasteiger partial charge is 0.0541 e. The van der Waals surface area contributed by atoms with E-state index in [0.29, 0.717) is 0 Å². The van der Waals surface area contributed by atoms with Crippen LogP contribution >= 0.6 is 0 Å². The molecule has 0 bridgehead atoms. The SMILES string of the molecule is C=C(/C=C(\C=NC)c1cc(N(c2ccc(C)cc2)c2ccc(C)cc2)cc(N(c2ccc(C)cc2)c2ccc(C)cc2)c1)C(=C/C)/C=C(\C=C\n1c2ccccc2c2ccccc21)n1c2ccccc2c2ccccc21. The zero-order valence-corrected chi connectivity index (χ0v) is 44.1. The van der Waals surface area contributed by atoms with Gasteiger partial charge in [-0.3, -0.25) is 4.99 Å². The first kappa shape index (κ1) is 48.8. The molecule has 0 aliphatic rings. The Kier molecular flexibility index (Phi) is 13.6. The minimum atomic E-state index is 0.843. The predicted octanol–water partition coefficient (Wildman–Crippen LogP) is 19.4. The van der Waals surface area contributed by atoms with Gasteiger partial charge in [0.1, 0.15) is 0 Å². The Morgan fingerprint density at radius 1 is 0.447 bits per heavy atom. The van der Waals surface area contributed by atoms with Gasteiger partial charge < -0.3 is 18.9 Å². The van der Waals surface area contributed by atoms with Gasteiger partial charge in [0.25, 0.3) is 0 Å². The van der Waals surface area contributed by atoms with Gasteiger partial charge in [0, 0.05) is 86.4 Å². The third-order valence-corrected chi connectivity index (χ3v) is 14.4. The molecule has 2 heterocycles. The van der Waals surface area contributed by atoms with Gasteiger partial charge >= 0.3 is 0 Å². The van der Waals surface area contributed by atoms with E-state index in [2.05, 4.69) is 296 Å². The molecule has 0 unspecified atom stereocenters. The molecule has 0 aliphatic heterocycles. The Labute approximate surface area is 447 Å². The quantitative estimate of drug-likeness (QED) is 0.0802. The van der Waals surface area contributed by atoms with Gasteiger partial charge in [0.15, 0.2) is 0 Å². The second-order valence-corrected chi connectivity index (χ2v) is 19.7. The van der Waals surface area contributed by atoms with Crippen LogP contribution < -0.4 is 9.80 Å². The number of aliphatic imine (C=N–C) groups is 1. The van der Waals surface area contributed by atoms with E-state index < -0.39 is 0 Å². The van der Waals surface area contributed by atoms with Crippen molar-refractivity contribution in [3.05, 3.63) is 282 Å². The molecule has 0 amide bonds. The number of allylic oxidation sites excluding steroid dienone is 8. The molecule has 0 spiro atoms. The zero-order chi connectivity index (χ0) is 52.3. The maximum atomic E-state index is 4.85. The molecule has 11 rings (SSSR count). The average molecular weight is 984 g/mol. The van der Waals surface area contributed by atoms with Crippen LogP contribution in [0.4, 0.5) is 34.1 Å². The van der Waals surface area contributed by atoms with Crippen molar-refractivity contribution in [2.75, 3.05) is 16.8 Å². The topological polar surface area (TPSA) is 28.7 Å². The molecule has 76 heavy (non-hydrogen) atoms. The number of aryl methyl sites for hydroxylation is 4.